The van der Waals surface area contributed by atoms with Crippen LogP contribution in [0.15, 0.2) is 16.0 Å². The van der Waals surface area contributed by atoms with Crippen molar-refractivity contribution in [1.29, 1.82) is 0 Å². The van der Waals surface area contributed by atoms with Crippen molar-refractivity contribution < 1.29 is 9.53 Å². The maximum absolute atomic E-state index is 11.6. The van der Waals surface area contributed by atoms with E-state index in [4.69, 9.17) is 4.74 Å². The Morgan fingerprint density at radius 2 is 2.53 bits per heavy atom. The Labute approximate surface area is 115 Å². The lowest BCUT2D eigenvalue weighted by atomic mass is 10.2. The van der Waals surface area contributed by atoms with Gasteiger partial charge >= 0.3 is 0 Å². The van der Waals surface area contributed by atoms with E-state index in [0.29, 0.717) is 17.4 Å². The van der Waals surface area contributed by atoms with Crippen molar-refractivity contribution in [2.45, 2.75) is 31.0 Å². The number of hydrogen-bond donors (Lipinski definition) is 2. The lowest BCUT2D eigenvalue weighted by Gasteiger charge is -2.10. The molecule has 6 nitrogen and oxygen atoms in total. The molecule has 19 heavy (non-hydrogen) atoms. The first kappa shape index (κ1) is 14.1. The Morgan fingerprint density at radius 3 is 3.21 bits per heavy atom. The van der Waals surface area contributed by atoms with Gasteiger partial charge in [-0.3, -0.25) is 9.59 Å². The van der Waals surface area contributed by atoms with E-state index in [2.05, 4.69) is 15.3 Å². The minimum atomic E-state index is -0.199. The summed E-state index contributed by atoms with van der Waals surface area (Å²) in [6.07, 6.45) is 2.20. The molecule has 0 bridgehead atoms. The molecule has 1 aliphatic rings. The lowest BCUT2D eigenvalue weighted by molar-refractivity contribution is -0.119. The smallest absolute Gasteiger partial charge is 0.251 e. The summed E-state index contributed by atoms with van der Waals surface area (Å²) in [6, 6.07) is 1.42. The van der Waals surface area contributed by atoms with E-state index in [0.717, 1.165) is 19.4 Å². The predicted octanol–water partition coefficient (Wildman–Crippen LogP) is 0.466. The summed E-state index contributed by atoms with van der Waals surface area (Å²) in [5.74, 6) is 0.156. The van der Waals surface area contributed by atoms with Crippen molar-refractivity contribution in [1.82, 2.24) is 15.3 Å². The number of carbonyl (C=O) groups is 1. The molecule has 1 saturated heterocycles. The highest BCUT2D eigenvalue weighted by molar-refractivity contribution is 7.99. The molecule has 1 atom stereocenters. The minimum absolute atomic E-state index is 0.0790. The second kappa shape index (κ2) is 6.72. The molecule has 0 spiro atoms. The molecule has 1 aliphatic heterocycles. The molecule has 2 N–H and O–H groups in total. The topological polar surface area (TPSA) is 84.1 Å². The Hall–Kier alpha value is -1.34. The van der Waals surface area contributed by atoms with E-state index in [1.54, 1.807) is 6.92 Å². The average Bonchev–Trinajstić information content (AvgIpc) is 2.86. The molecule has 104 valence electrons. The summed E-state index contributed by atoms with van der Waals surface area (Å²) in [6.45, 7) is 3.08. The summed E-state index contributed by atoms with van der Waals surface area (Å²) in [5.41, 5.74) is 0.445. The van der Waals surface area contributed by atoms with Crippen LogP contribution in [-0.4, -0.2) is 40.9 Å². The van der Waals surface area contributed by atoms with Crippen LogP contribution >= 0.6 is 11.8 Å². The number of ether oxygens (including phenoxy) is 1. The zero-order chi connectivity index (χ0) is 13.7. The van der Waals surface area contributed by atoms with Gasteiger partial charge in [-0.05, 0) is 19.8 Å². The average molecular weight is 283 g/mol. The van der Waals surface area contributed by atoms with Gasteiger partial charge in [-0.25, -0.2) is 4.98 Å². The Morgan fingerprint density at radius 1 is 1.68 bits per heavy atom. The van der Waals surface area contributed by atoms with Crippen LogP contribution in [0.5, 0.6) is 0 Å². The van der Waals surface area contributed by atoms with Crippen molar-refractivity contribution in [3.8, 4) is 0 Å². The molecule has 2 rings (SSSR count). The molecule has 7 heteroatoms. The number of aromatic nitrogens is 2. The van der Waals surface area contributed by atoms with E-state index in [9.17, 15) is 9.59 Å². The first-order valence-electron chi connectivity index (χ1n) is 6.22. The first-order chi connectivity index (χ1) is 9.13. The summed E-state index contributed by atoms with van der Waals surface area (Å²) in [5, 5.41) is 3.29. The fourth-order valence-corrected chi connectivity index (χ4v) is 2.59. The highest BCUT2D eigenvalue weighted by Gasteiger charge is 2.16. The van der Waals surface area contributed by atoms with Crippen molar-refractivity contribution in [2.75, 3.05) is 18.9 Å². The van der Waals surface area contributed by atoms with E-state index < -0.39 is 0 Å². The molecule has 0 saturated carbocycles. The molecular formula is C12H17N3O3S. The molecule has 1 amide bonds. The number of nitrogens with one attached hydrogen (secondary N) is 2. The second-order valence-corrected chi connectivity index (χ2v) is 5.38. The van der Waals surface area contributed by atoms with Gasteiger partial charge in [0.15, 0.2) is 5.16 Å². The van der Waals surface area contributed by atoms with Crippen LogP contribution in [0.1, 0.15) is 18.5 Å². The van der Waals surface area contributed by atoms with E-state index in [-0.39, 0.29) is 23.3 Å². The second-order valence-electron chi connectivity index (χ2n) is 4.42. The SMILES string of the molecule is Cc1cc(=O)[nH]c(SCC(=O)NC[C@H]2CCCO2)n1. The summed E-state index contributed by atoms with van der Waals surface area (Å²) >= 11 is 1.22. The fraction of sp³-hybridized carbons (Fsp3) is 0.583. The van der Waals surface area contributed by atoms with Gasteiger partial charge in [0, 0.05) is 24.9 Å². The minimum Gasteiger partial charge on any atom is -0.376 e. The van der Waals surface area contributed by atoms with Crippen LogP contribution in [0.4, 0.5) is 0 Å². The molecule has 2 heterocycles. The van der Waals surface area contributed by atoms with Crippen LogP contribution < -0.4 is 10.9 Å². The van der Waals surface area contributed by atoms with Gasteiger partial charge in [0.05, 0.1) is 11.9 Å². The van der Waals surface area contributed by atoms with Crippen molar-refractivity contribution in [3.63, 3.8) is 0 Å². The molecule has 0 aromatic carbocycles. The van der Waals surface area contributed by atoms with Gasteiger partial charge in [-0.2, -0.15) is 0 Å². The van der Waals surface area contributed by atoms with Gasteiger partial charge in [-0.15, -0.1) is 0 Å². The molecule has 0 unspecified atom stereocenters. The number of nitrogens with zero attached hydrogens (tertiary/aromatic N) is 1. The fourth-order valence-electron chi connectivity index (χ4n) is 1.84. The van der Waals surface area contributed by atoms with Crippen molar-refractivity contribution in [2.24, 2.45) is 0 Å². The van der Waals surface area contributed by atoms with Gasteiger partial charge in [0.2, 0.25) is 5.91 Å². The maximum atomic E-state index is 11.6. The number of aromatic amines is 1. The normalized spacial score (nSPS) is 18.5. The molecule has 0 radical (unpaired) electrons. The third-order valence-corrected chi connectivity index (χ3v) is 3.61. The number of thioether (sulfide) groups is 1. The highest BCUT2D eigenvalue weighted by Crippen LogP contribution is 2.12. The third kappa shape index (κ3) is 4.68. The van der Waals surface area contributed by atoms with Crippen LogP contribution in [0, 0.1) is 6.92 Å². The van der Waals surface area contributed by atoms with Crippen molar-refractivity contribution >= 4 is 17.7 Å². The number of rotatable bonds is 5. The largest absolute Gasteiger partial charge is 0.376 e. The molecule has 0 aliphatic carbocycles. The van der Waals surface area contributed by atoms with Crippen LogP contribution in [-0.2, 0) is 9.53 Å². The number of carbonyl (C=O) groups excluding carboxylic acids is 1. The monoisotopic (exact) mass is 283 g/mol. The number of amides is 1. The predicted molar refractivity (Wildman–Crippen MR) is 72.3 cm³/mol. The van der Waals surface area contributed by atoms with Crippen molar-refractivity contribution in [3.05, 3.63) is 22.1 Å². The van der Waals surface area contributed by atoms with Crippen LogP contribution in [0.25, 0.3) is 0 Å². The lowest BCUT2D eigenvalue weighted by Crippen LogP contribution is -2.33. The Kier molecular flexibility index (Phi) is 4.98. The zero-order valence-electron chi connectivity index (χ0n) is 10.8. The quantitative estimate of drug-likeness (QED) is 0.606. The Bertz CT molecular complexity index is 497. The summed E-state index contributed by atoms with van der Waals surface area (Å²) in [7, 11) is 0. The van der Waals surface area contributed by atoms with Gasteiger partial charge in [-0.1, -0.05) is 11.8 Å². The first-order valence-corrected chi connectivity index (χ1v) is 7.21. The maximum Gasteiger partial charge on any atom is 0.251 e. The van der Waals surface area contributed by atoms with E-state index >= 15 is 0 Å². The number of hydrogen-bond acceptors (Lipinski definition) is 5. The van der Waals surface area contributed by atoms with E-state index in [1.165, 1.54) is 17.8 Å². The molecule has 1 aromatic rings. The highest BCUT2D eigenvalue weighted by atomic mass is 32.2. The number of H-pyrrole nitrogens is 1. The molecule has 1 aromatic heterocycles. The molecular weight excluding hydrogens is 266 g/mol. The van der Waals surface area contributed by atoms with Gasteiger partial charge in [0.25, 0.3) is 5.56 Å². The third-order valence-electron chi connectivity index (χ3n) is 2.74. The summed E-state index contributed by atoms with van der Waals surface area (Å²) in [4.78, 5) is 29.6. The summed E-state index contributed by atoms with van der Waals surface area (Å²) < 4.78 is 5.42. The van der Waals surface area contributed by atoms with Crippen LogP contribution in [0.3, 0.4) is 0 Å². The van der Waals surface area contributed by atoms with E-state index in [1.807, 2.05) is 0 Å². The molecule has 1 fully saturated rings. The van der Waals surface area contributed by atoms with Gasteiger partial charge < -0.3 is 15.0 Å². The number of aryl methyl sites for hydroxylation is 1. The van der Waals surface area contributed by atoms with Gasteiger partial charge in [0.1, 0.15) is 0 Å². The standard InChI is InChI=1S/C12H17N3O3S/c1-8-5-10(16)15-12(14-8)19-7-11(17)13-6-9-3-2-4-18-9/h5,9H,2-4,6-7H2,1H3,(H,13,17)(H,14,15,16)/t9-/m1/s1. The zero-order valence-corrected chi connectivity index (χ0v) is 11.6. The van der Waals surface area contributed by atoms with Crippen LogP contribution in [0.2, 0.25) is 0 Å². The Balaban J connectivity index is 1.74.